The highest BCUT2D eigenvalue weighted by Crippen LogP contribution is 2.44. The van der Waals surface area contributed by atoms with Crippen LogP contribution in [0.4, 0.5) is 4.79 Å². The number of aromatic nitrogens is 4. The fourth-order valence-electron chi connectivity index (χ4n) is 5.02. The van der Waals surface area contributed by atoms with Crippen LogP contribution in [0.2, 0.25) is 0 Å². The maximum atomic E-state index is 13.1. The van der Waals surface area contributed by atoms with E-state index in [4.69, 9.17) is 10.5 Å². The Kier molecular flexibility index (Phi) is 8.90. The summed E-state index contributed by atoms with van der Waals surface area (Å²) in [6, 6.07) is 23.0. The first kappa shape index (κ1) is 27.9. The van der Waals surface area contributed by atoms with Crippen molar-refractivity contribution in [1.29, 1.82) is 0 Å². The van der Waals surface area contributed by atoms with Gasteiger partial charge in [0, 0.05) is 18.0 Å². The Balaban J connectivity index is 1.18. The topological polar surface area (TPSA) is 145 Å². The molecule has 10 heteroatoms. The molecule has 0 spiro atoms. The van der Waals surface area contributed by atoms with Gasteiger partial charge in [-0.2, -0.15) is 0 Å². The molecule has 2 amide bonds. The van der Waals surface area contributed by atoms with Crippen molar-refractivity contribution in [2.75, 3.05) is 13.2 Å². The van der Waals surface area contributed by atoms with Crippen molar-refractivity contribution < 1.29 is 14.3 Å². The number of fused-ring (bicyclic) bond motifs is 3. The first-order valence-corrected chi connectivity index (χ1v) is 13.8. The van der Waals surface area contributed by atoms with Crippen molar-refractivity contribution in [3.63, 3.8) is 0 Å². The molecule has 1 atom stereocenters. The molecule has 1 aliphatic carbocycles. The molecule has 1 aromatic heterocycles. The van der Waals surface area contributed by atoms with Crippen LogP contribution in [0.15, 0.2) is 72.8 Å². The number of amides is 2. The lowest BCUT2D eigenvalue weighted by Gasteiger charge is -2.20. The Bertz CT molecular complexity index is 1450. The van der Waals surface area contributed by atoms with E-state index in [9.17, 15) is 9.59 Å². The maximum Gasteiger partial charge on any atom is 0.407 e. The van der Waals surface area contributed by atoms with Crippen LogP contribution in [0, 0.1) is 6.92 Å². The SMILES string of the molecule is Cc1nnc(-c2ccc(CNC(=O)C(CCCCN)NC(=O)OCC3c4ccccc4-c4ccccc43)cc2)nn1. The molecule has 5 rings (SSSR count). The standard InChI is InChI=1S/C31H33N7O3/c1-20-35-37-29(38-36-20)22-15-13-21(14-16-22)18-33-30(39)28(12-6-7-17-32)34-31(40)41-19-27-25-10-4-2-8-23(25)24-9-3-5-11-26(24)27/h2-5,8-11,13-16,27-28H,6-7,12,17-19,32H2,1H3,(H,33,39)(H,34,40). The van der Waals surface area contributed by atoms with E-state index in [0.717, 1.165) is 39.8 Å². The van der Waals surface area contributed by atoms with Crippen molar-refractivity contribution in [2.45, 2.75) is 44.7 Å². The molecule has 0 bridgehead atoms. The van der Waals surface area contributed by atoms with Gasteiger partial charge < -0.3 is 21.1 Å². The van der Waals surface area contributed by atoms with Crippen LogP contribution >= 0.6 is 0 Å². The summed E-state index contributed by atoms with van der Waals surface area (Å²) in [5, 5.41) is 21.7. The number of hydrogen-bond donors (Lipinski definition) is 3. The highest BCUT2D eigenvalue weighted by molar-refractivity contribution is 5.85. The van der Waals surface area contributed by atoms with Crippen molar-refractivity contribution in [3.05, 3.63) is 95.3 Å². The molecule has 0 saturated heterocycles. The fourth-order valence-corrected chi connectivity index (χ4v) is 5.02. The van der Waals surface area contributed by atoms with Gasteiger partial charge in [0.25, 0.3) is 0 Å². The average Bonchev–Trinajstić information content (AvgIpc) is 3.32. The van der Waals surface area contributed by atoms with Crippen LogP contribution in [0.25, 0.3) is 22.5 Å². The third-order valence-electron chi connectivity index (χ3n) is 7.16. The van der Waals surface area contributed by atoms with Gasteiger partial charge >= 0.3 is 6.09 Å². The van der Waals surface area contributed by atoms with E-state index >= 15 is 0 Å². The molecule has 4 aromatic rings. The zero-order chi connectivity index (χ0) is 28.6. The van der Waals surface area contributed by atoms with Crippen LogP contribution < -0.4 is 16.4 Å². The van der Waals surface area contributed by atoms with Crippen molar-refractivity contribution >= 4 is 12.0 Å². The summed E-state index contributed by atoms with van der Waals surface area (Å²) in [6.45, 7) is 2.71. The Labute approximate surface area is 238 Å². The van der Waals surface area contributed by atoms with E-state index < -0.39 is 12.1 Å². The van der Waals surface area contributed by atoms with Gasteiger partial charge in [0.15, 0.2) is 5.82 Å². The van der Waals surface area contributed by atoms with Crippen LogP contribution in [-0.4, -0.2) is 51.6 Å². The molecule has 0 fully saturated rings. The summed E-state index contributed by atoms with van der Waals surface area (Å²) in [4.78, 5) is 26.0. The number of aryl methyl sites for hydroxylation is 1. The monoisotopic (exact) mass is 551 g/mol. The molecule has 1 aliphatic rings. The van der Waals surface area contributed by atoms with Crippen molar-refractivity contribution in [2.24, 2.45) is 5.73 Å². The summed E-state index contributed by atoms with van der Waals surface area (Å²) >= 11 is 0. The fraction of sp³-hybridized carbons (Fsp3) is 0.290. The minimum absolute atomic E-state index is 0.0579. The molecule has 41 heavy (non-hydrogen) atoms. The normalized spacial score (nSPS) is 12.7. The third kappa shape index (κ3) is 6.72. The summed E-state index contributed by atoms with van der Waals surface area (Å²) in [7, 11) is 0. The molecule has 10 nitrogen and oxygen atoms in total. The maximum absolute atomic E-state index is 13.1. The molecule has 4 N–H and O–H groups in total. The van der Waals surface area contributed by atoms with Crippen molar-refractivity contribution in [3.8, 4) is 22.5 Å². The van der Waals surface area contributed by atoms with E-state index in [1.54, 1.807) is 6.92 Å². The van der Waals surface area contributed by atoms with Crippen LogP contribution in [0.5, 0.6) is 0 Å². The number of carbonyl (C=O) groups is 2. The van der Waals surface area contributed by atoms with E-state index in [2.05, 4.69) is 55.3 Å². The Morgan fingerprint density at radius 3 is 2.15 bits per heavy atom. The Morgan fingerprint density at radius 1 is 0.878 bits per heavy atom. The van der Waals surface area contributed by atoms with Gasteiger partial charge in [0.2, 0.25) is 11.7 Å². The van der Waals surface area contributed by atoms with Crippen LogP contribution in [0.1, 0.15) is 47.7 Å². The molecule has 0 aliphatic heterocycles. The van der Waals surface area contributed by atoms with E-state index in [0.29, 0.717) is 37.6 Å². The molecule has 1 unspecified atom stereocenters. The Morgan fingerprint density at radius 2 is 1.51 bits per heavy atom. The molecule has 1 heterocycles. The van der Waals surface area contributed by atoms with Gasteiger partial charge in [0.05, 0.1) is 0 Å². The number of unbranched alkanes of at least 4 members (excludes halogenated alkanes) is 1. The second-order valence-corrected chi connectivity index (χ2v) is 9.99. The lowest BCUT2D eigenvalue weighted by Crippen LogP contribution is -2.47. The summed E-state index contributed by atoms with van der Waals surface area (Å²) < 4.78 is 5.68. The van der Waals surface area contributed by atoms with Gasteiger partial charge in [-0.15, -0.1) is 20.4 Å². The van der Waals surface area contributed by atoms with E-state index in [-0.39, 0.29) is 18.4 Å². The highest BCUT2D eigenvalue weighted by Gasteiger charge is 2.29. The number of nitrogens with zero attached hydrogens (tertiary/aromatic N) is 4. The van der Waals surface area contributed by atoms with Gasteiger partial charge in [0.1, 0.15) is 12.6 Å². The molecule has 0 radical (unpaired) electrons. The Hall–Kier alpha value is -4.70. The molecule has 3 aromatic carbocycles. The second kappa shape index (κ2) is 13.1. The number of rotatable bonds is 11. The molecule has 210 valence electrons. The third-order valence-corrected chi connectivity index (χ3v) is 7.16. The summed E-state index contributed by atoms with van der Waals surface area (Å²) in [6.07, 6.45) is 1.29. The number of nitrogens with one attached hydrogen (secondary N) is 2. The number of benzene rings is 3. The second-order valence-electron chi connectivity index (χ2n) is 9.99. The zero-order valence-electron chi connectivity index (χ0n) is 22.9. The van der Waals surface area contributed by atoms with Crippen LogP contribution in [0.3, 0.4) is 0 Å². The van der Waals surface area contributed by atoms with E-state index in [1.165, 1.54) is 0 Å². The highest BCUT2D eigenvalue weighted by atomic mass is 16.5. The number of ether oxygens (including phenoxy) is 1. The first-order valence-electron chi connectivity index (χ1n) is 13.8. The predicted molar refractivity (Wildman–Crippen MR) is 155 cm³/mol. The smallest absolute Gasteiger partial charge is 0.407 e. The van der Waals surface area contributed by atoms with Gasteiger partial charge in [-0.05, 0) is 60.5 Å². The van der Waals surface area contributed by atoms with Gasteiger partial charge in [-0.25, -0.2) is 4.79 Å². The minimum atomic E-state index is -0.741. The zero-order valence-corrected chi connectivity index (χ0v) is 22.9. The van der Waals surface area contributed by atoms with E-state index in [1.807, 2.05) is 48.5 Å². The van der Waals surface area contributed by atoms with Crippen molar-refractivity contribution in [1.82, 2.24) is 31.0 Å². The minimum Gasteiger partial charge on any atom is -0.449 e. The number of carbonyl (C=O) groups excluding carboxylic acids is 2. The summed E-state index contributed by atoms with van der Waals surface area (Å²) in [5.74, 6) is 0.589. The number of alkyl carbamates (subject to hydrolysis) is 1. The van der Waals surface area contributed by atoms with Crippen LogP contribution in [-0.2, 0) is 16.1 Å². The number of hydrogen-bond acceptors (Lipinski definition) is 8. The average molecular weight is 552 g/mol. The molecular weight excluding hydrogens is 518 g/mol. The first-order chi connectivity index (χ1) is 20.0. The van der Waals surface area contributed by atoms with Gasteiger partial charge in [-0.3, -0.25) is 4.79 Å². The predicted octanol–water partition coefficient (Wildman–Crippen LogP) is 3.89. The lowest BCUT2D eigenvalue weighted by atomic mass is 9.98. The lowest BCUT2D eigenvalue weighted by molar-refractivity contribution is -0.123. The summed E-state index contributed by atoms with van der Waals surface area (Å²) in [5.41, 5.74) is 11.9. The largest absolute Gasteiger partial charge is 0.449 e. The quantitative estimate of drug-likeness (QED) is 0.238. The molecule has 0 saturated carbocycles. The number of nitrogens with two attached hydrogens (primary N) is 1. The molecular formula is C31H33N7O3. The van der Waals surface area contributed by atoms with Gasteiger partial charge in [-0.1, -0.05) is 72.8 Å².